The number of nitrogens with one attached hydrogen (secondary N) is 1. The maximum Gasteiger partial charge on any atom is 0.0897 e. The minimum atomic E-state index is -0.481. The van der Waals surface area contributed by atoms with Gasteiger partial charge in [0.25, 0.3) is 0 Å². The van der Waals surface area contributed by atoms with E-state index in [2.05, 4.69) is 24.4 Å². The smallest absolute Gasteiger partial charge is 0.0897 e. The number of methoxy groups -OCH3 is 1. The molecule has 1 rings (SSSR count). The second-order valence-corrected chi connectivity index (χ2v) is 5.77. The molecule has 18 heavy (non-hydrogen) atoms. The van der Waals surface area contributed by atoms with Crippen LogP contribution >= 0.6 is 11.3 Å². The van der Waals surface area contributed by atoms with Crippen LogP contribution in [0.2, 0.25) is 0 Å². The largest absolute Gasteiger partial charge is 0.389 e. The van der Waals surface area contributed by atoms with E-state index in [0.717, 1.165) is 6.54 Å². The van der Waals surface area contributed by atoms with Crippen molar-refractivity contribution in [3.05, 3.63) is 21.9 Å². The monoisotopic (exact) mass is 273 g/mol. The van der Waals surface area contributed by atoms with Crippen LogP contribution in [0.15, 0.2) is 12.1 Å². The molecule has 0 saturated heterocycles. The summed E-state index contributed by atoms with van der Waals surface area (Å²) in [7, 11) is 1.64. The van der Waals surface area contributed by atoms with Gasteiger partial charge in [0.2, 0.25) is 0 Å². The molecule has 1 heterocycles. The predicted octanol–water partition coefficient (Wildman–Crippen LogP) is 1.56. The molecule has 5 heteroatoms. The normalized spacial score (nSPS) is 14.7. The van der Waals surface area contributed by atoms with E-state index < -0.39 is 6.10 Å². The summed E-state index contributed by atoms with van der Waals surface area (Å²) in [6.45, 7) is 6.24. The lowest BCUT2D eigenvalue weighted by Crippen LogP contribution is -2.32. The summed E-state index contributed by atoms with van der Waals surface area (Å²) >= 11 is 1.77. The highest BCUT2D eigenvalue weighted by Gasteiger charge is 2.07. The molecule has 0 aromatic carbocycles. The Morgan fingerprint density at radius 2 is 2.17 bits per heavy atom. The van der Waals surface area contributed by atoms with Crippen molar-refractivity contribution < 1.29 is 14.6 Å². The van der Waals surface area contributed by atoms with Crippen molar-refractivity contribution in [2.24, 2.45) is 0 Å². The van der Waals surface area contributed by atoms with Gasteiger partial charge in [-0.1, -0.05) is 0 Å². The van der Waals surface area contributed by atoms with Gasteiger partial charge in [0.15, 0.2) is 0 Å². The van der Waals surface area contributed by atoms with E-state index in [1.807, 2.05) is 6.92 Å². The lowest BCUT2D eigenvalue weighted by Gasteiger charge is -2.16. The predicted molar refractivity (Wildman–Crippen MR) is 74.1 cm³/mol. The van der Waals surface area contributed by atoms with Crippen molar-refractivity contribution in [3.8, 4) is 0 Å². The van der Waals surface area contributed by atoms with Crippen LogP contribution in [0.1, 0.15) is 16.7 Å². The fourth-order valence-electron chi connectivity index (χ4n) is 1.56. The summed E-state index contributed by atoms with van der Waals surface area (Å²) in [6.07, 6.45) is -0.463. The third-order valence-electron chi connectivity index (χ3n) is 2.45. The second kappa shape index (κ2) is 8.61. The third-order valence-corrected chi connectivity index (χ3v) is 3.45. The lowest BCUT2D eigenvalue weighted by molar-refractivity contribution is -0.0311. The molecule has 0 amide bonds. The van der Waals surface area contributed by atoms with E-state index in [-0.39, 0.29) is 6.10 Å². The molecule has 2 N–H and O–H groups in total. The van der Waals surface area contributed by atoms with Gasteiger partial charge >= 0.3 is 0 Å². The van der Waals surface area contributed by atoms with Crippen molar-refractivity contribution in [1.29, 1.82) is 0 Å². The molecule has 0 aliphatic rings. The molecule has 2 unspecified atom stereocenters. The minimum Gasteiger partial charge on any atom is -0.389 e. The molecule has 0 aliphatic carbocycles. The van der Waals surface area contributed by atoms with Gasteiger partial charge in [-0.2, -0.15) is 0 Å². The lowest BCUT2D eigenvalue weighted by atomic mass is 10.3. The summed E-state index contributed by atoms with van der Waals surface area (Å²) in [5, 5.41) is 12.9. The number of hydrogen-bond donors (Lipinski definition) is 2. The molecule has 4 nitrogen and oxygen atoms in total. The van der Waals surface area contributed by atoms with Crippen LogP contribution in [0.4, 0.5) is 0 Å². The quantitative estimate of drug-likeness (QED) is 0.717. The molecule has 0 radical (unpaired) electrons. The summed E-state index contributed by atoms with van der Waals surface area (Å²) in [6, 6.07) is 4.21. The van der Waals surface area contributed by atoms with E-state index >= 15 is 0 Å². The van der Waals surface area contributed by atoms with Crippen LogP contribution in [-0.4, -0.2) is 44.2 Å². The van der Waals surface area contributed by atoms with Gasteiger partial charge < -0.3 is 19.9 Å². The van der Waals surface area contributed by atoms with E-state index in [1.165, 1.54) is 9.75 Å². The Kier molecular flexibility index (Phi) is 7.46. The number of thiophene rings is 1. The fourth-order valence-corrected chi connectivity index (χ4v) is 2.42. The molecule has 0 fully saturated rings. The molecule has 1 aromatic heterocycles. The molecule has 0 aliphatic heterocycles. The average molecular weight is 273 g/mol. The maximum atomic E-state index is 9.72. The zero-order chi connectivity index (χ0) is 13.4. The van der Waals surface area contributed by atoms with Crippen molar-refractivity contribution in [2.45, 2.75) is 32.6 Å². The highest BCUT2D eigenvalue weighted by atomic mass is 32.1. The van der Waals surface area contributed by atoms with Gasteiger partial charge in [-0.05, 0) is 26.0 Å². The van der Waals surface area contributed by atoms with Crippen molar-refractivity contribution in [2.75, 3.05) is 26.9 Å². The van der Waals surface area contributed by atoms with E-state index in [0.29, 0.717) is 19.8 Å². The van der Waals surface area contributed by atoms with Gasteiger partial charge in [0.1, 0.15) is 0 Å². The van der Waals surface area contributed by atoms with Crippen LogP contribution < -0.4 is 5.32 Å². The molecular formula is C13H23NO3S. The van der Waals surface area contributed by atoms with Crippen LogP contribution in [0.25, 0.3) is 0 Å². The molecule has 104 valence electrons. The number of aliphatic hydroxyl groups is 1. The first kappa shape index (κ1) is 15.6. The van der Waals surface area contributed by atoms with E-state index in [1.54, 1.807) is 18.4 Å². The van der Waals surface area contributed by atoms with Gasteiger partial charge in [0, 0.05) is 30.0 Å². The van der Waals surface area contributed by atoms with E-state index in [4.69, 9.17) is 9.47 Å². The molecule has 1 aromatic rings. The zero-order valence-corrected chi connectivity index (χ0v) is 12.1. The SMILES string of the molecule is COCC(C)OCC(O)CNCc1ccc(C)s1. The summed E-state index contributed by atoms with van der Waals surface area (Å²) in [5.74, 6) is 0. The Labute approximate surface area is 113 Å². The van der Waals surface area contributed by atoms with Gasteiger partial charge in [-0.15, -0.1) is 11.3 Å². The van der Waals surface area contributed by atoms with Crippen LogP contribution in [0.3, 0.4) is 0 Å². The first-order chi connectivity index (χ1) is 8.61. The maximum absolute atomic E-state index is 9.72. The van der Waals surface area contributed by atoms with Crippen molar-refractivity contribution >= 4 is 11.3 Å². The highest BCUT2D eigenvalue weighted by Crippen LogP contribution is 2.14. The Bertz CT molecular complexity index is 330. The Balaban J connectivity index is 2.08. The Morgan fingerprint density at radius 1 is 1.39 bits per heavy atom. The van der Waals surface area contributed by atoms with Crippen molar-refractivity contribution in [1.82, 2.24) is 5.32 Å². The fraction of sp³-hybridized carbons (Fsp3) is 0.692. The highest BCUT2D eigenvalue weighted by molar-refractivity contribution is 7.11. The number of aliphatic hydroxyl groups excluding tert-OH is 1. The molecule has 0 saturated carbocycles. The van der Waals surface area contributed by atoms with Gasteiger partial charge in [-0.3, -0.25) is 0 Å². The average Bonchev–Trinajstić information content (AvgIpc) is 2.73. The summed E-state index contributed by atoms with van der Waals surface area (Å²) < 4.78 is 10.4. The topological polar surface area (TPSA) is 50.7 Å². The molecule has 0 spiro atoms. The third kappa shape index (κ3) is 6.47. The summed E-state index contributed by atoms with van der Waals surface area (Å²) in [5.41, 5.74) is 0. The first-order valence-electron chi connectivity index (χ1n) is 6.16. The Morgan fingerprint density at radius 3 is 2.78 bits per heavy atom. The van der Waals surface area contributed by atoms with Crippen molar-refractivity contribution in [3.63, 3.8) is 0 Å². The van der Waals surface area contributed by atoms with Gasteiger partial charge in [0.05, 0.1) is 25.4 Å². The van der Waals surface area contributed by atoms with Gasteiger partial charge in [-0.25, -0.2) is 0 Å². The Hall–Kier alpha value is -0.460. The number of hydrogen-bond acceptors (Lipinski definition) is 5. The van der Waals surface area contributed by atoms with Crippen LogP contribution in [0.5, 0.6) is 0 Å². The first-order valence-corrected chi connectivity index (χ1v) is 6.98. The summed E-state index contributed by atoms with van der Waals surface area (Å²) in [4.78, 5) is 2.59. The minimum absolute atomic E-state index is 0.0181. The number of ether oxygens (including phenoxy) is 2. The van der Waals surface area contributed by atoms with Crippen LogP contribution in [-0.2, 0) is 16.0 Å². The molecular weight excluding hydrogens is 250 g/mol. The molecule has 2 atom stereocenters. The zero-order valence-electron chi connectivity index (χ0n) is 11.3. The van der Waals surface area contributed by atoms with E-state index in [9.17, 15) is 5.11 Å². The second-order valence-electron chi connectivity index (χ2n) is 4.40. The number of aryl methyl sites for hydroxylation is 1. The number of rotatable bonds is 9. The standard InChI is InChI=1S/C13H23NO3S/c1-10(8-16-3)17-9-12(15)6-14-7-13-5-4-11(2)18-13/h4-5,10,12,14-15H,6-9H2,1-3H3. The van der Waals surface area contributed by atoms with Crippen LogP contribution in [0, 0.1) is 6.92 Å². The molecule has 0 bridgehead atoms.